The van der Waals surface area contributed by atoms with E-state index in [2.05, 4.69) is 25.9 Å². The molecule has 0 aliphatic carbocycles. The molecule has 8 heteroatoms. The van der Waals surface area contributed by atoms with E-state index in [1.54, 1.807) is 24.3 Å². The van der Waals surface area contributed by atoms with Crippen LogP contribution in [0.1, 0.15) is 5.56 Å². The molecule has 7 nitrogen and oxygen atoms in total. The number of oxazole rings is 1. The molecule has 0 saturated carbocycles. The van der Waals surface area contributed by atoms with Crippen molar-refractivity contribution in [3.8, 4) is 17.2 Å². The van der Waals surface area contributed by atoms with Gasteiger partial charge < -0.3 is 9.52 Å². The van der Waals surface area contributed by atoms with E-state index in [0.29, 0.717) is 27.2 Å². The number of halogens is 1. The fraction of sp³-hybridized carbons (Fsp3) is 0. The zero-order valence-corrected chi connectivity index (χ0v) is 18.0. The molecule has 0 saturated heterocycles. The lowest BCUT2D eigenvalue weighted by molar-refractivity contribution is -0.385. The van der Waals surface area contributed by atoms with Crippen LogP contribution in [-0.4, -0.2) is 21.2 Å². The van der Waals surface area contributed by atoms with Crippen molar-refractivity contribution >= 4 is 55.4 Å². The molecule has 0 aliphatic heterocycles. The Labute approximate surface area is 189 Å². The SMILES string of the molecule is O=[N+]([O-])c1cc(Br)cc(C=Nc2ccc3oc(-c4ccc5ccccc5c4)nc3c2)c1O. The summed E-state index contributed by atoms with van der Waals surface area (Å²) in [5, 5.41) is 23.5. The molecular formula is C24H14BrN3O4. The molecule has 1 heterocycles. The highest BCUT2D eigenvalue weighted by molar-refractivity contribution is 9.10. The number of nitro benzene ring substituents is 1. The van der Waals surface area contributed by atoms with E-state index in [4.69, 9.17) is 4.42 Å². The van der Waals surface area contributed by atoms with Crippen molar-refractivity contribution in [3.63, 3.8) is 0 Å². The van der Waals surface area contributed by atoms with Gasteiger partial charge in [-0.1, -0.05) is 46.3 Å². The van der Waals surface area contributed by atoms with Gasteiger partial charge in [0.15, 0.2) is 5.58 Å². The highest BCUT2D eigenvalue weighted by Crippen LogP contribution is 2.33. The minimum atomic E-state index is -0.646. The maximum absolute atomic E-state index is 11.1. The Balaban J connectivity index is 1.49. The predicted octanol–water partition coefficient (Wildman–Crippen LogP) is 6.77. The third-order valence-corrected chi connectivity index (χ3v) is 5.46. The Morgan fingerprint density at radius 2 is 1.84 bits per heavy atom. The van der Waals surface area contributed by atoms with E-state index in [0.717, 1.165) is 16.3 Å². The van der Waals surface area contributed by atoms with Crippen LogP contribution >= 0.6 is 15.9 Å². The minimum absolute atomic E-state index is 0.225. The first-order valence-electron chi connectivity index (χ1n) is 9.59. The van der Waals surface area contributed by atoms with Crippen LogP contribution in [0.15, 0.2) is 86.7 Å². The molecule has 1 N–H and O–H groups in total. The fourth-order valence-corrected chi connectivity index (χ4v) is 3.89. The van der Waals surface area contributed by atoms with Gasteiger partial charge in [0.05, 0.1) is 10.6 Å². The van der Waals surface area contributed by atoms with Gasteiger partial charge in [-0.2, -0.15) is 0 Å². The van der Waals surface area contributed by atoms with Crippen molar-refractivity contribution in [1.29, 1.82) is 0 Å². The topological polar surface area (TPSA) is 102 Å². The zero-order chi connectivity index (χ0) is 22.2. The fourth-order valence-electron chi connectivity index (χ4n) is 3.43. The first-order chi connectivity index (χ1) is 15.5. The second-order valence-corrected chi connectivity index (χ2v) is 8.03. The van der Waals surface area contributed by atoms with Gasteiger partial charge in [-0.3, -0.25) is 15.1 Å². The first-order valence-corrected chi connectivity index (χ1v) is 10.4. The van der Waals surface area contributed by atoms with Gasteiger partial charge in [-0.25, -0.2) is 4.98 Å². The quantitative estimate of drug-likeness (QED) is 0.171. The average molecular weight is 488 g/mol. The Bertz CT molecular complexity index is 1540. The Kier molecular flexibility index (Phi) is 4.91. The number of aliphatic imine (C=N–C) groups is 1. The second-order valence-electron chi connectivity index (χ2n) is 7.11. The lowest BCUT2D eigenvalue weighted by Crippen LogP contribution is -1.92. The monoisotopic (exact) mass is 487 g/mol. The van der Waals surface area contributed by atoms with Crippen molar-refractivity contribution in [2.75, 3.05) is 0 Å². The van der Waals surface area contributed by atoms with Crippen molar-refractivity contribution in [3.05, 3.63) is 92.9 Å². The number of phenolic OH excluding ortho intramolecular Hbond substituents is 1. The summed E-state index contributed by atoms with van der Waals surface area (Å²) in [5.41, 5.74) is 2.52. The highest BCUT2D eigenvalue weighted by Gasteiger charge is 2.17. The molecule has 0 bridgehead atoms. The molecule has 0 fully saturated rings. The molecule has 32 heavy (non-hydrogen) atoms. The maximum atomic E-state index is 11.1. The minimum Gasteiger partial charge on any atom is -0.502 e. The van der Waals surface area contributed by atoms with Crippen LogP contribution in [-0.2, 0) is 0 Å². The Hall–Kier alpha value is -4.04. The van der Waals surface area contributed by atoms with Gasteiger partial charge in [0.25, 0.3) is 0 Å². The van der Waals surface area contributed by atoms with Crippen LogP contribution in [0.3, 0.4) is 0 Å². The predicted molar refractivity (Wildman–Crippen MR) is 127 cm³/mol. The summed E-state index contributed by atoms with van der Waals surface area (Å²) in [6.45, 7) is 0. The van der Waals surface area contributed by atoms with E-state index in [-0.39, 0.29) is 5.56 Å². The normalized spacial score (nSPS) is 11.5. The van der Waals surface area contributed by atoms with Crippen LogP contribution < -0.4 is 0 Å². The van der Waals surface area contributed by atoms with E-state index in [1.807, 2.05) is 42.5 Å². The smallest absolute Gasteiger partial charge is 0.312 e. The van der Waals surface area contributed by atoms with Crippen LogP contribution in [0.25, 0.3) is 33.3 Å². The van der Waals surface area contributed by atoms with Crippen LogP contribution in [0.5, 0.6) is 5.75 Å². The number of rotatable bonds is 4. The van der Waals surface area contributed by atoms with Crippen LogP contribution in [0, 0.1) is 10.1 Å². The van der Waals surface area contributed by atoms with Crippen LogP contribution in [0.2, 0.25) is 0 Å². The number of fused-ring (bicyclic) bond motifs is 2. The van der Waals surface area contributed by atoms with Crippen molar-refractivity contribution in [1.82, 2.24) is 4.98 Å². The molecule has 4 aromatic carbocycles. The molecule has 0 spiro atoms. The molecule has 5 rings (SSSR count). The zero-order valence-electron chi connectivity index (χ0n) is 16.4. The van der Waals surface area contributed by atoms with Gasteiger partial charge in [0.2, 0.25) is 11.6 Å². The molecule has 0 amide bonds. The van der Waals surface area contributed by atoms with Gasteiger partial charge >= 0.3 is 5.69 Å². The molecule has 0 unspecified atom stereocenters. The summed E-state index contributed by atoms with van der Waals surface area (Å²) in [6, 6.07) is 22.2. The van der Waals surface area contributed by atoms with Gasteiger partial charge in [-0.15, -0.1) is 0 Å². The Morgan fingerprint density at radius 3 is 2.66 bits per heavy atom. The number of benzene rings is 4. The Morgan fingerprint density at radius 1 is 1.03 bits per heavy atom. The number of aromatic nitrogens is 1. The summed E-state index contributed by atoms with van der Waals surface area (Å²) in [4.78, 5) is 19.4. The summed E-state index contributed by atoms with van der Waals surface area (Å²) in [6.07, 6.45) is 1.37. The third kappa shape index (κ3) is 3.72. The molecule has 0 atom stereocenters. The van der Waals surface area contributed by atoms with Gasteiger partial charge in [0.1, 0.15) is 5.52 Å². The van der Waals surface area contributed by atoms with Crippen molar-refractivity contribution in [2.45, 2.75) is 0 Å². The molecule has 156 valence electrons. The van der Waals surface area contributed by atoms with Crippen LogP contribution in [0.4, 0.5) is 11.4 Å². The summed E-state index contributed by atoms with van der Waals surface area (Å²) in [5.74, 6) is 0.0650. The van der Waals surface area contributed by atoms with Crippen molar-refractivity contribution < 1.29 is 14.4 Å². The largest absolute Gasteiger partial charge is 0.502 e. The van der Waals surface area contributed by atoms with Gasteiger partial charge in [-0.05, 0) is 47.2 Å². The maximum Gasteiger partial charge on any atom is 0.312 e. The molecular weight excluding hydrogens is 474 g/mol. The van der Waals surface area contributed by atoms with Gasteiger partial charge in [0, 0.05) is 27.9 Å². The standard InChI is InChI=1S/C24H14BrN3O4/c25-18-10-17(23(29)21(11-18)28(30)31)13-26-19-7-8-22-20(12-19)27-24(32-22)16-6-5-14-3-1-2-4-15(14)9-16/h1-13,29H. The average Bonchev–Trinajstić information content (AvgIpc) is 3.22. The number of nitrogens with zero attached hydrogens (tertiary/aromatic N) is 3. The molecule has 1 aromatic heterocycles. The molecule has 0 radical (unpaired) electrons. The summed E-state index contributed by atoms with van der Waals surface area (Å²) >= 11 is 3.21. The third-order valence-electron chi connectivity index (χ3n) is 5.00. The summed E-state index contributed by atoms with van der Waals surface area (Å²) < 4.78 is 6.38. The highest BCUT2D eigenvalue weighted by atomic mass is 79.9. The lowest BCUT2D eigenvalue weighted by Gasteiger charge is -2.01. The first kappa shape index (κ1) is 19.9. The van der Waals surface area contributed by atoms with E-state index in [1.165, 1.54) is 12.3 Å². The second kappa shape index (κ2) is 7.90. The summed E-state index contributed by atoms with van der Waals surface area (Å²) in [7, 11) is 0. The number of hydrogen-bond acceptors (Lipinski definition) is 6. The van der Waals surface area contributed by atoms with E-state index >= 15 is 0 Å². The van der Waals surface area contributed by atoms with E-state index < -0.39 is 16.4 Å². The number of nitro groups is 1. The van der Waals surface area contributed by atoms with Crippen molar-refractivity contribution in [2.24, 2.45) is 4.99 Å². The molecule has 5 aromatic rings. The number of aromatic hydroxyl groups is 1. The molecule has 0 aliphatic rings. The number of phenols is 1. The lowest BCUT2D eigenvalue weighted by atomic mass is 10.1. The van der Waals surface area contributed by atoms with E-state index in [9.17, 15) is 15.2 Å². The number of hydrogen-bond donors (Lipinski definition) is 1.